The van der Waals surface area contributed by atoms with E-state index < -0.39 is 6.04 Å². The first-order valence-electron chi connectivity index (χ1n) is 9.18. The molecule has 1 aromatic heterocycles. The highest BCUT2D eigenvalue weighted by Crippen LogP contribution is 2.15. The SMILES string of the molecule is O=C(C(Cc1ccccc1)Nc1cnc2ccccc2n1)N1CCOCC1. The summed E-state index contributed by atoms with van der Waals surface area (Å²) in [4.78, 5) is 24.0. The second-order valence-electron chi connectivity index (χ2n) is 6.57. The predicted octanol–water partition coefficient (Wildman–Crippen LogP) is 2.51. The topological polar surface area (TPSA) is 67.4 Å². The van der Waals surface area contributed by atoms with E-state index >= 15 is 0 Å². The van der Waals surface area contributed by atoms with E-state index in [2.05, 4.69) is 15.3 Å². The molecule has 3 aromatic rings. The van der Waals surface area contributed by atoms with Gasteiger partial charge in [0.05, 0.1) is 30.4 Å². The Hall–Kier alpha value is -2.99. The van der Waals surface area contributed by atoms with Crippen molar-refractivity contribution in [1.82, 2.24) is 14.9 Å². The normalized spacial score (nSPS) is 15.5. The molecule has 0 bridgehead atoms. The summed E-state index contributed by atoms with van der Waals surface area (Å²) in [5.41, 5.74) is 2.74. The van der Waals surface area contributed by atoms with Crippen LogP contribution in [0.15, 0.2) is 60.8 Å². The van der Waals surface area contributed by atoms with Crippen molar-refractivity contribution >= 4 is 22.8 Å². The number of aromatic nitrogens is 2. The van der Waals surface area contributed by atoms with Crippen molar-refractivity contribution in [3.8, 4) is 0 Å². The van der Waals surface area contributed by atoms with Crippen LogP contribution < -0.4 is 5.32 Å². The fraction of sp³-hybridized carbons (Fsp3) is 0.286. The van der Waals surface area contributed by atoms with Crippen LogP contribution in [0, 0.1) is 0 Å². The van der Waals surface area contributed by atoms with Crippen LogP contribution in [0.3, 0.4) is 0 Å². The highest BCUT2D eigenvalue weighted by atomic mass is 16.5. The van der Waals surface area contributed by atoms with Crippen LogP contribution in [0.5, 0.6) is 0 Å². The van der Waals surface area contributed by atoms with Crippen LogP contribution in [-0.4, -0.2) is 53.1 Å². The van der Waals surface area contributed by atoms with Crippen LogP contribution in [0.1, 0.15) is 5.56 Å². The number of ether oxygens (including phenoxy) is 1. The molecule has 4 rings (SSSR count). The maximum Gasteiger partial charge on any atom is 0.245 e. The Morgan fingerprint density at radius 1 is 1.04 bits per heavy atom. The molecule has 1 saturated heterocycles. The summed E-state index contributed by atoms with van der Waals surface area (Å²) in [6, 6.07) is 17.3. The third-order valence-corrected chi connectivity index (χ3v) is 4.67. The molecule has 0 spiro atoms. The molecule has 1 fully saturated rings. The molecule has 1 unspecified atom stereocenters. The summed E-state index contributed by atoms with van der Waals surface area (Å²) in [7, 11) is 0. The highest BCUT2D eigenvalue weighted by molar-refractivity contribution is 5.85. The van der Waals surface area contributed by atoms with Crippen molar-refractivity contribution in [2.45, 2.75) is 12.5 Å². The van der Waals surface area contributed by atoms with Crippen LogP contribution in [0.25, 0.3) is 11.0 Å². The number of anilines is 1. The van der Waals surface area contributed by atoms with Gasteiger partial charge >= 0.3 is 0 Å². The summed E-state index contributed by atoms with van der Waals surface area (Å²) in [5, 5.41) is 3.31. The van der Waals surface area contributed by atoms with E-state index in [-0.39, 0.29) is 5.91 Å². The number of rotatable bonds is 5. The van der Waals surface area contributed by atoms with E-state index in [1.807, 2.05) is 59.5 Å². The van der Waals surface area contributed by atoms with Gasteiger partial charge < -0.3 is 15.0 Å². The van der Waals surface area contributed by atoms with Crippen molar-refractivity contribution in [1.29, 1.82) is 0 Å². The van der Waals surface area contributed by atoms with Crippen LogP contribution in [0.2, 0.25) is 0 Å². The monoisotopic (exact) mass is 362 g/mol. The second kappa shape index (κ2) is 8.14. The molecule has 1 amide bonds. The summed E-state index contributed by atoms with van der Waals surface area (Å²) >= 11 is 0. The van der Waals surface area contributed by atoms with E-state index in [9.17, 15) is 4.79 Å². The van der Waals surface area contributed by atoms with E-state index in [1.54, 1.807) is 6.20 Å². The van der Waals surface area contributed by atoms with Gasteiger partial charge in [-0.3, -0.25) is 9.78 Å². The zero-order valence-corrected chi connectivity index (χ0v) is 15.0. The number of carbonyl (C=O) groups excluding carboxylic acids is 1. The first-order chi connectivity index (χ1) is 13.3. The number of carbonyl (C=O) groups is 1. The summed E-state index contributed by atoms with van der Waals surface area (Å²) in [5.74, 6) is 0.674. The van der Waals surface area contributed by atoms with Gasteiger partial charge in [-0.1, -0.05) is 42.5 Å². The van der Waals surface area contributed by atoms with E-state index in [0.717, 1.165) is 16.6 Å². The Morgan fingerprint density at radius 3 is 2.52 bits per heavy atom. The largest absolute Gasteiger partial charge is 0.378 e. The van der Waals surface area contributed by atoms with Crippen molar-refractivity contribution in [2.75, 3.05) is 31.6 Å². The highest BCUT2D eigenvalue weighted by Gasteiger charge is 2.26. The molecule has 27 heavy (non-hydrogen) atoms. The maximum absolute atomic E-state index is 13.1. The smallest absolute Gasteiger partial charge is 0.245 e. The lowest BCUT2D eigenvalue weighted by Gasteiger charge is -2.31. The summed E-state index contributed by atoms with van der Waals surface area (Å²) in [6.45, 7) is 2.41. The lowest BCUT2D eigenvalue weighted by atomic mass is 10.0. The van der Waals surface area contributed by atoms with Crippen molar-refractivity contribution in [3.63, 3.8) is 0 Å². The number of benzene rings is 2. The first-order valence-corrected chi connectivity index (χ1v) is 9.18. The Morgan fingerprint density at radius 2 is 1.74 bits per heavy atom. The van der Waals surface area contributed by atoms with Gasteiger partial charge in [0.25, 0.3) is 0 Å². The third kappa shape index (κ3) is 4.23. The lowest BCUT2D eigenvalue weighted by molar-refractivity contribution is -0.136. The standard InChI is InChI=1S/C21H22N4O2/c26-21(25-10-12-27-13-11-25)19(14-16-6-2-1-3-7-16)24-20-15-22-17-8-4-5-9-18(17)23-20/h1-9,15,19H,10-14H2,(H,23,24). The molecule has 1 aliphatic heterocycles. The molecule has 2 heterocycles. The molecule has 6 nitrogen and oxygen atoms in total. The quantitative estimate of drug-likeness (QED) is 0.755. The lowest BCUT2D eigenvalue weighted by Crippen LogP contribution is -2.48. The molecule has 0 aliphatic carbocycles. The molecule has 2 aromatic carbocycles. The average molecular weight is 362 g/mol. The van der Waals surface area contributed by atoms with Crippen molar-refractivity contribution in [3.05, 3.63) is 66.4 Å². The first kappa shape index (κ1) is 17.4. The third-order valence-electron chi connectivity index (χ3n) is 4.67. The van der Waals surface area contributed by atoms with Gasteiger partial charge in [0, 0.05) is 19.5 Å². The maximum atomic E-state index is 13.1. The minimum absolute atomic E-state index is 0.0668. The molecule has 6 heteroatoms. The summed E-state index contributed by atoms with van der Waals surface area (Å²) in [6.07, 6.45) is 2.28. The van der Waals surface area contributed by atoms with Gasteiger partial charge in [-0.25, -0.2) is 4.98 Å². The second-order valence-corrected chi connectivity index (χ2v) is 6.57. The zero-order valence-electron chi connectivity index (χ0n) is 15.0. The number of nitrogens with zero attached hydrogens (tertiary/aromatic N) is 3. The van der Waals surface area contributed by atoms with E-state index in [0.29, 0.717) is 38.5 Å². The number of para-hydroxylation sites is 2. The molecule has 1 atom stereocenters. The number of hydrogen-bond acceptors (Lipinski definition) is 5. The Kier molecular flexibility index (Phi) is 5.25. The van der Waals surface area contributed by atoms with Gasteiger partial charge in [0.15, 0.2) is 0 Å². The minimum atomic E-state index is -0.402. The van der Waals surface area contributed by atoms with Gasteiger partial charge in [-0.15, -0.1) is 0 Å². The average Bonchev–Trinajstić information content (AvgIpc) is 2.74. The van der Waals surface area contributed by atoms with E-state index in [1.165, 1.54) is 0 Å². The fourth-order valence-electron chi connectivity index (χ4n) is 3.26. The molecule has 1 aliphatic rings. The van der Waals surface area contributed by atoms with E-state index in [4.69, 9.17) is 4.74 Å². The predicted molar refractivity (Wildman–Crippen MR) is 104 cm³/mol. The number of fused-ring (bicyclic) bond motifs is 1. The minimum Gasteiger partial charge on any atom is -0.378 e. The van der Waals surface area contributed by atoms with Gasteiger partial charge in [-0.05, 0) is 17.7 Å². The summed E-state index contributed by atoms with van der Waals surface area (Å²) < 4.78 is 5.38. The van der Waals surface area contributed by atoms with Crippen molar-refractivity contribution < 1.29 is 9.53 Å². The van der Waals surface area contributed by atoms with Gasteiger partial charge in [-0.2, -0.15) is 0 Å². The molecule has 0 radical (unpaired) electrons. The van der Waals surface area contributed by atoms with Crippen molar-refractivity contribution in [2.24, 2.45) is 0 Å². The Bertz CT molecular complexity index is 910. The Labute approximate surface area is 158 Å². The molecule has 0 saturated carbocycles. The molecular weight excluding hydrogens is 340 g/mol. The fourth-order valence-corrected chi connectivity index (χ4v) is 3.26. The molecular formula is C21H22N4O2. The van der Waals surface area contributed by atoms with Crippen LogP contribution >= 0.6 is 0 Å². The zero-order chi connectivity index (χ0) is 18.5. The number of nitrogens with one attached hydrogen (secondary N) is 1. The number of hydrogen-bond donors (Lipinski definition) is 1. The number of morpholine rings is 1. The number of amides is 1. The van der Waals surface area contributed by atoms with Crippen LogP contribution in [-0.2, 0) is 16.0 Å². The van der Waals surface area contributed by atoms with Gasteiger partial charge in [0.2, 0.25) is 5.91 Å². The van der Waals surface area contributed by atoms with Crippen LogP contribution in [0.4, 0.5) is 5.82 Å². The molecule has 1 N–H and O–H groups in total. The van der Waals surface area contributed by atoms with Gasteiger partial charge in [0.1, 0.15) is 11.9 Å². The molecule has 138 valence electrons. The Balaban J connectivity index is 1.58.